The minimum Gasteiger partial charge on any atom is -0.469 e. The predicted molar refractivity (Wildman–Crippen MR) is 53.0 cm³/mol. The summed E-state index contributed by atoms with van der Waals surface area (Å²) in [5.74, 6) is 0.258. The van der Waals surface area contributed by atoms with E-state index in [1.165, 1.54) is 7.11 Å². The van der Waals surface area contributed by atoms with E-state index in [1.807, 2.05) is 0 Å². The molecule has 0 amide bonds. The fourth-order valence-electron chi connectivity index (χ4n) is 0.819. The Bertz CT molecular complexity index is 184. The molecule has 0 spiro atoms. The summed E-state index contributed by atoms with van der Waals surface area (Å²) >= 11 is 0. The summed E-state index contributed by atoms with van der Waals surface area (Å²) in [5.41, 5.74) is 0. The molecule has 0 aliphatic heterocycles. The number of rotatable bonds is 6. The zero-order valence-corrected chi connectivity index (χ0v) is 9.15. The molecule has 0 radical (unpaired) electrons. The van der Waals surface area contributed by atoms with Gasteiger partial charge in [0.2, 0.25) is 0 Å². The minimum atomic E-state index is -0.771. The second kappa shape index (κ2) is 7.03. The van der Waals surface area contributed by atoms with E-state index in [2.05, 4.69) is 10.1 Å². The van der Waals surface area contributed by atoms with Crippen LogP contribution in [0.5, 0.6) is 0 Å². The molecule has 0 saturated carbocycles. The van der Waals surface area contributed by atoms with Crippen molar-refractivity contribution in [2.75, 3.05) is 32.2 Å². The van der Waals surface area contributed by atoms with Crippen LogP contribution in [0.1, 0.15) is 6.92 Å². The normalized spacial score (nSPS) is 15.0. The smallest absolute Gasteiger partial charge is 0.309 e. The number of ether oxygens (including phenoxy) is 1. The van der Waals surface area contributed by atoms with Gasteiger partial charge in [-0.2, -0.15) is 0 Å². The number of hydrogen-bond acceptors (Lipinski definition) is 4. The van der Waals surface area contributed by atoms with Crippen LogP contribution in [0, 0.1) is 5.92 Å². The van der Waals surface area contributed by atoms with Gasteiger partial charge in [0.25, 0.3) is 0 Å². The van der Waals surface area contributed by atoms with Gasteiger partial charge in [0.1, 0.15) is 0 Å². The van der Waals surface area contributed by atoms with Gasteiger partial charge in [-0.25, -0.2) is 0 Å². The molecule has 78 valence electrons. The van der Waals surface area contributed by atoms with Crippen LogP contribution in [0.25, 0.3) is 0 Å². The summed E-state index contributed by atoms with van der Waals surface area (Å²) < 4.78 is 15.2. The Hall–Kier alpha value is -0.420. The van der Waals surface area contributed by atoms with Crippen molar-refractivity contribution in [3.8, 4) is 0 Å². The van der Waals surface area contributed by atoms with Gasteiger partial charge in [-0.15, -0.1) is 0 Å². The third-order valence-electron chi connectivity index (χ3n) is 1.62. The maximum absolute atomic E-state index is 10.9. The molecule has 5 heteroatoms. The molecule has 13 heavy (non-hydrogen) atoms. The van der Waals surface area contributed by atoms with Gasteiger partial charge in [0.15, 0.2) is 0 Å². The van der Waals surface area contributed by atoms with Crippen LogP contribution < -0.4 is 5.32 Å². The maximum Gasteiger partial charge on any atom is 0.309 e. The van der Waals surface area contributed by atoms with Crippen LogP contribution >= 0.6 is 0 Å². The molecule has 0 aromatic carbocycles. The van der Waals surface area contributed by atoms with Gasteiger partial charge in [-0.1, -0.05) is 6.92 Å². The molecule has 0 bridgehead atoms. The highest BCUT2D eigenvalue weighted by Gasteiger charge is 2.11. The quantitative estimate of drug-likeness (QED) is 0.482. The first kappa shape index (κ1) is 12.6. The lowest BCUT2D eigenvalue weighted by atomic mass is 10.2. The van der Waals surface area contributed by atoms with Crippen molar-refractivity contribution in [2.45, 2.75) is 6.92 Å². The molecular formula is C8H17NO3S. The Morgan fingerprint density at radius 1 is 1.62 bits per heavy atom. The summed E-state index contributed by atoms with van der Waals surface area (Å²) in [5, 5.41) is 3.04. The van der Waals surface area contributed by atoms with Crippen molar-refractivity contribution in [1.29, 1.82) is 0 Å². The van der Waals surface area contributed by atoms with Crippen molar-refractivity contribution in [3.63, 3.8) is 0 Å². The zero-order chi connectivity index (χ0) is 10.3. The van der Waals surface area contributed by atoms with E-state index in [1.54, 1.807) is 13.2 Å². The van der Waals surface area contributed by atoms with Crippen LogP contribution in [-0.2, 0) is 20.3 Å². The summed E-state index contributed by atoms with van der Waals surface area (Å²) in [4.78, 5) is 10.9. The molecule has 0 saturated heterocycles. The molecule has 0 aromatic rings. The molecule has 0 aromatic heterocycles. The van der Waals surface area contributed by atoms with Crippen molar-refractivity contribution in [2.24, 2.45) is 5.92 Å². The first-order valence-corrected chi connectivity index (χ1v) is 5.89. The molecule has 0 aliphatic rings. The molecule has 0 fully saturated rings. The number of methoxy groups -OCH3 is 1. The lowest BCUT2D eigenvalue weighted by Crippen LogP contribution is -2.29. The highest BCUT2D eigenvalue weighted by molar-refractivity contribution is 7.84. The van der Waals surface area contributed by atoms with Crippen LogP contribution in [0.4, 0.5) is 0 Å². The molecule has 2 unspecified atom stereocenters. The standard InChI is InChI=1S/C8H17NO3S/c1-7(8(10)12-2)6-9-4-5-13(3)11/h7,9H,4-6H2,1-3H3. The first-order chi connectivity index (χ1) is 6.07. The number of hydrogen-bond donors (Lipinski definition) is 1. The highest BCUT2D eigenvalue weighted by atomic mass is 32.2. The molecule has 2 atom stereocenters. The van der Waals surface area contributed by atoms with Crippen LogP contribution in [0.2, 0.25) is 0 Å². The second-order valence-electron chi connectivity index (χ2n) is 2.91. The van der Waals surface area contributed by atoms with Gasteiger partial charge in [0.05, 0.1) is 13.0 Å². The monoisotopic (exact) mass is 207 g/mol. The van der Waals surface area contributed by atoms with Gasteiger partial charge >= 0.3 is 5.97 Å². The fraction of sp³-hybridized carbons (Fsp3) is 0.875. The third-order valence-corrected chi connectivity index (χ3v) is 2.40. The predicted octanol–water partition coefficient (Wildman–Crippen LogP) is -0.236. The summed E-state index contributed by atoms with van der Waals surface area (Å²) in [6.07, 6.45) is 1.66. The first-order valence-electron chi connectivity index (χ1n) is 4.16. The van der Waals surface area contributed by atoms with E-state index in [0.717, 1.165) is 0 Å². The maximum atomic E-state index is 10.9. The van der Waals surface area contributed by atoms with Gasteiger partial charge in [-0.05, 0) is 0 Å². The van der Waals surface area contributed by atoms with E-state index in [0.29, 0.717) is 18.8 Å². The van der Waals surface area contributed by atoms with Crippen molar-refractivity contribution in [1.82, 2.24) is 5.32 Å². The fourth-order valence-corrected chi connectivity index (χ4v) is 1.25. The van der Waals surface area contributed by atoms with E-state index in [4.69, 9.17) is 0 Å². The SMILES string of the molecule is COC(=O)C(C)CNCCS(C)=O. The molecule has 0 aliphatic carbocycles. The van der Waals surface area contributed by atoms with E-state index < -0.39 is 10.8 Å². The minimum absolute atomic E-state index is 0.143. The lowest BCUT2D eigenvalue weighted by Gasteiger charge is -2.09. The topological polar surface area (TPSA) is 55.4 Å². The Morgan fingerprint density at radius 2 is 2.23 bits per heavy atom. The summed E-state index contributed by atoms with van der Waals surface area (Å²) in [7, 11) is 0.603. The number of nitrogens with one attached hydrogen (secondary N) is 1. The second-order valence-corrected chi connectivity index (χ2v) is 4.46. The lowest BCUT2D eigenvalue weighted by molar-refractivity contribution is -0.144. The number of carbonyl (C=O) groups excluding carboxylic acids is 1. The highest BCUT2D eigenvalue weighted by Crippen LogP contribution is 1.94. The van der Waals surface area contributed by atoms with Crippen LogP contribution in [-0.4, -0.2) is 42.4 Å². The van der Waals surface area contributed by atoms with Crippen LogP contribution in [0.3, 0.4) is 0 Å². The molecule has 1 N–H and O–H groups in total. The average Bonchev–Trinajstić information content (AvgIpc) is 2.10. The Balaban J connectivity index is 3.42. The van der Waals surface area contributed by atoms with Crippen molar-refractivity contribution in [3.05, 3.63) is 0 Å². The molecular weight excluding hydrogens is 190 g/mol. The average molecular weight is 207 g/mol. The number of carbonyl (C=O) groups is 1. The Kier molecular flexibility index (Phi) is 6.80. The number of esters is 1. The molecule has 4 nitrogen and oxygen atoms in total. The Morgan fingerprint density at radius 3 is 2.69 bits per heavy atom. The van der Waals surface area contributed by atoms with Gasteiger partial charge < -0.3 is 10.1 Å². The van der Waals surface area contributed by atoms with E-state index >= 15 is 0 Å². The zero-order valence-electron chi connectivity index (χ0n) is 8.33. The van der Waals surface area contributed by atoms with E-state index in [9.17, 15) is 9.00 Å². The van der Waals surface area contributed by atoms with Crippen molar-refractivity contribution >= 4 is 16.8 Å². The molecule has 0 heterocycles. The third kappa shape index (κ3) is 6.72. The molecule has 0 rings (SSSR count). The van der Waals surface area contributed by atoms with Gasteiger partial charge in [-0.3, -0.25) is 9.00 Å². The van der Waals surface area contributed by atoms with Crippen molar-refractivity contribution < 1.29 is 13.7 Å². The van der Waals surface area contributed by atoms with Crippen LogP contribution in [0.15, 0.2) is 0 Å². The summed E-state index contributed by atoms with van der Waals surface area (Å²) in [6.45, 7) is 3.04. The Labute approximate surface area is 81.5 Å². The van der Waals surface area contributed by atoms with Gasteiger partial charge in [0, 0.05) is 35.9 Å². The van der Waals surface area contributed by atoms with E-state index in [-0.39, 0.29) is 11.9 Å². The largest absolute Gasteiger partial charge is 0.469 e. The summed E-state index contributed by atoms with van der Waals surface area (Å²) in [6, 6.07) is 0.